The molecule has 6 atom stereocenters. The monoisotopic (exact) mass is 942 g/mol. The molecule has 2 fully saturated rings. The van der Waals surface area contributed by atoms with E-state index in [2.05, 4.69) is 21.3 Å². The molecule has 2 aliphatic rings. The van der Waals surface area contributed by atoms with Gasteiger partial charge >= 0.3 is 12.1 Å². The number of benzene rings is 2. The summed E-state index contributed by atoms with van der Waals surface area (Å²) in [5.41, 5.74) is 12.4. The van der Waals surface area contributed by atoms with Crippen LogP contribution in [-0.2, 0) is 33.5 Å². The van der Waals surface area contributed by atoms with E-state index >= 15 is 0 Å². The zero-order valence-electron chi connectivity index (χ0n) is 37.5. The topological polar surface area (TPSA) is 296 Å². The van der Waals surface area contributed by atoms with Gasteiger partial charge in [0.1, 0.15) is 30.3 Å². The van der Waals surface area contributed by atoms with Crippen LogP contribution in [0, 0.1) is 11.8 Å². The van der Waals surface area contributed by atoms with E-state index in [1.54, 1.807) is 73.2 Å². The number of amides is 6. The van der Waals surface area contributed by atoms with Crippen LogP contribution in [0.4, 0.5) is 4.79 Å². The van der Waals surface area contributed by atoms with E-state index < -0.39 is 78.3 Å². The highest BCUT2D eigenvalue weighted by Gasteiger charge is 2.35. The Balaban J connectivity index is 0.000000967. The maximum atomic E-state index is 12.4. The van der Waals surface area contributed by atoms with Crippen molar-refractivity contribution in [1.82, 2.24) is 31.1 Å². The molecule has 2 saturated carbocycles. The number of likely N-dealkylation sites (N-methyl/N-ethyl adjacent to an activating group) is 2. The number of nitrogens with one attached hydrogen (secondary N) is 4. The highest BCUT2D eigenvalue weighted by atomic mass is 35.5. The van der Waals surface area contributed by atoms with Gasteiger partial charge in [-0.1, -0.05) is 86.3 Å². The van der Waals surface area contributed by atoms with Crippen molar-refractivity contribution in [2.24, 2.45) is 23.3 Å². The number of rotatable bonds is 18. The third-order valence-corrected chi connectivity index (χ3v) is 9.44. The van der Waals surface area contributed by atoms with Crippen molar-refractivity contribution >= 4 is 66.4 Å². The fourth-order valence-electron chi connectivity index (χ4n) is 5.71. The smallest absolute Gasteiger partial charge is 0.407 e. The van der Waals surface area contributed by atoms with E-state index in [4.69, 9.17) is 21.3 Å². The molecule has 4 rings (SSSR count). The Hall–Kier alpha value is -5.05. The molecule has 2 aromatic carbocycles. The molecule has 21 heteroatoms. The fraction of sp³-hybridized carbons (Fsp3) is 0.558. The van der Waals surface area contributed by atoms with Gasteiger partial charge < -0.3 is 62.6 Å². The van der Waals surface area contributed by atoms with E-state index in [1.807, 2.05) is 36.4 Å². The van der Waals surface area contributed by atoms with Crippen molar-refractivity contribution in [1.29, 1.82) is 0 Å². The number of ether oxygens (including phenoxy) is 1. The second kappa shape index (κ2) is 28.7. The number of aliphatic hydroxyl groups is 2. The van der Waals surface area contributed by atoms with E-state index in [0.29, 0.717) is 30.2 Å². The first-order valence-corrected chi connectivity index (χ1v) is 20.5. The fourth-order valence-corrected chi connectivity index (χ4v) is 5.71. The maximum Gasteiger partial charge on any atom is 0.407 e. The van der Waals surface area contributed by atoms with E-state index in [9.17, 15) is 43.8 Å². The van der Waals surface area contributed by atoms with Crippen molar-refractivity contribution < 1.29 is 53.6 Å². The number of carboxylic acid groups (broad SMARTS) is 1. The van der Waals surface area contributed by atoms with Crippen molar-refractivity contribution in [3.8, 4) is 0 Å². The molecule has 0 radical (unpaired) electrons. The Labute approximate surface area is 387 Å². The average Bonchev–Trinajstić information content (AvgIpc) is 4.17. The summed E-state index contributed by atoms with van der Waals surface area (Å²) in [5, 5.41) is 38.1. The van der Waals surface area contributed by atoms with Crippen molar-refractivity contribution in [2.75, 3.05) is 41.3 Å². The molecule has 2 aliphatic carbocycles. The number of hydrogen-bond acceptors (Lipinski definition) is 12. The lowest BCUT2D eigenvalue weighted by Gasteiger charge is -2.26. The summed E-state index contributed by atoms with van der Waals surface area (Å²) in [6, 6.07) is 15.3. The number of nitrogens with two attached hydrogens (primary N) is 2. The van der Waals surface area contributed by atoms with Crippen LogP contribution in [-0.4, -0.2) is 138 Å². The van der Waals surface area contributed by atoms with Crippen molar-refractivity contribution in [3.05, 3.63) is 71.8 Å². The lowest BCUT2D eigenvalue weighted by atomic mass is 10.0. The largest absolute Gasteiger partial charge is 0.480 e. The molecule has 64 heavy (non-hydrogen) atoms. The third kappa shape index (κ3) is 23.0. The normalized spacial score (nSPS) is 15.5. The minimum atomic E-state index is -1.52. The lowest BCUT2D eigenvalue weighted by molar-refractivity contribution is -0.140. The minimum absolute atomic E-state index is 0. The Kier molecular flexibility index (Phi) is 26.4. The molecule has 0 saturated heterocycles. The molecule has 19 nitrogen and oxygen atoms in total. The summed E-state index contributed by atoms with van der Waals surface area (Å²) >= 11 is 0. The van der Waals surface area contributed by atoms with Crippen LogP contribution in [0.2, 0.25) is 0 Å². The summed E-state index contributed by atoms with van der Waals surface area (Å²) in [4.78, 5) is 84.9. The summed E-state index contributed by atoms with van der Waals surface area (Å²) in [5.74, 6) is -2.79. The molecule has 11 N–H and O–H groups in total. The summed E-state index contributed by atoms with van der Waals surface area (Å²) in [7, 11) is 6.60. The first kappa shape index (κ1) is 58.9. The number of alkyl carbamates (subject to hydrolysis) is 1. The quantitative estimate of drug-likeness (QED) is 0.102. The SMILES string of the molecule is CC(C)(C)OC(=O)NC(CC1CC1)C(O)C(=O)NCC(=O)O.CN(C)C(=O)C(N)c1ccccc1.CN(C)C(=O)C(NC(=O)CNC(=O)C(O)C(N)CC1CC1)c1ccccc1.Cl.Cl. The molecule has 0 spiro atoms. The standard InChI is InChI=1S/C19H28N4O4.C14H24N2O6.C10H14N2O.2ClH/c1-23(2)19(27)16(13-6-4-3-5-7-13)22-15(24)11-21-18(26)17(25)14(20)10-12-8-9-12;1-14(2,3)22-13(21)16-9(6-8-4-5-8)11(19)12(20)15-7-10(17)18;1-12(2)10(13)9(11)8-6-4-3-5-7-8;;/h3-7,12,14,16-17,25H,8-11,20H2,1-2H3,(H,21,26)(H,22,24);8-9,11,19H,4-7H2,1-3H3,(H,15,20)(H,16,21)(H,17,18);3-7,9H,11H2,1-2H3;2*1H. The predicted molar refractivity (Wildman–Crippen MR) is 244 cm³/mol. The van der Waals surface area contributed by atoms with Crippen LogP contribution < -0.4 is 32.7 Å². The van der Waals surface area contributed by atoms with Gasteiger partial charge in [-0.3, -0.25) is 28.8 Å². The summed E-state index contributed by atoms with van der Waals surface area (Å²) in [6.45, 7) is 4.18. The zero-order chi connectivity index (χ0) is 46.7. The van der Waals surface area contributed by atoms with Gasteiger partial charge in [0.25, 0.3) is 11.8 Å². The first-order valence-electron chi connectivity index (χ1n) is 20.5. The lowest BCUT2D eigenvalue weighted by Crippen LogP contribution is -2.52. The molecule has 360 valence electrons. The van der Waals surface area contributed by atoms with Crippen LogP contribution in [0.1, 0.15) is 82.5 Å². The third-order valence-electron chi connectivity index (χ3n) is 9.44. The number of carbonyl (C=O) groups is 7. The van der Waals surface area contributed by atoms with Gasteiger partial charge in [-0.25, -0.2) is 4.79 Å². The van der Waals surface area contributed by atoms with Gasteiger partial charge in [0, 0.05) is 34.2 Å². The molecule has 2 aromatic rings. The predicted octanol–water partition coefficient (Wildman–Crippen LogP) is 1.40. The second-order valence-electron chi connectivity index (χ2n) is 16.8. The van der Waals surface area contributed by atoms with Gasteiger partial charge in [-0.2, -0.15) is 0 Å². The second-order valence-corrected chi connectivity index (χ2v) is 16.8. The van der Waals surface area contributed by atoms with Crippen LogP contribution in [0.15, 0.2) is 60.7 Å². The number of carboxylic acids is 1. The van der Waals surface area contributed by atoms with E-state index in [-0.39, 0.29) is 43.2 Å². The Morgan fingerprint density at radius 1 is 0.688 bits per heavy atom. The summed E-state index contributed by atoms with van der Waals surface area (Å²) in [6.07, 6.45) is 1.56. The first-order chi connectivity index (χ1) is 29.0. The zero-order valence-corrected chi connectivity index (χ0v) is 39.2. The van der Waals surface area contributed by atoms with Gasteiger partial charge in [0.2, 0.25) is 17.7 Å². The van der Waals surface area contributed by atoms with Gasteiger partial charge in [0.05, 0.1) is 12.6 Å². The average molecular weight is 944 g/mol. The molecule has 0 heterocycles. The maximum absolute atomic E-state index is 12.4. The molecular formula is C43H68Cl2N8O11. The van der Waals surface area contributed by atoms with Crippen molar-refractivity contribution in [2.45, 2.75) is 101 Å². The Morgan fingerprint density at radius 3 is 1.59 bits per heavy atom. The van der Waals surface area contributed by atoms with Gasteiger partial charge in [-0.05, 0) is 56.6 Å². The van der Waals surface area contributed by atoms with Crippen LogP contribution in [0.5, 0.6) is 0 Å². The van der Waals surface area contributed by atoms with Gasteiger partial charge in [0.15, 0.2) is 6.10 Å². The van der Waals surface area contributed by atoms with Crippen molar-refractivity contribution in [3.63, 3.8) is 0 Å². The molecular weight excluding hydrogens is 875 g/mol. The molecule has 0 aromatic heterocycles. The van der Waals surface area contributed by atoms with Crippen LogP contribution in [0.3, 0.4) is 0 Å². The number of aliphatic carboxylic acids is 1. The van der Waals surface area contributed by atoms with E-state index in [0.717, 1.165) is 31.2 Å². The number of nitrogens with zero attached hydrogens (tertiary/aromatic N) is 2. The highest BCUT2D eigenvalue weighted by Crippen LogP contribution is 2.34. The van der Waals surface area contributed by atoms with Crippen LogP contribution in [0.25, 0.3) is 0 Å². The Bertz CT molecular complexity index is 1780. The number of carbonyl (C=O) groups excluding carboxylic acids is 6. The van der Waals surface area contributed by atoms with Crippen LogP contribution >= 0.6 is 24.8 Å². The number of hydrogen-bond donors (Lipinski definition) is 9. The summed E-state index contributed by atoms with van der Waals surface area (Å²) < 4.78 is 5.11. The Morgan fingerprint density at radius 2 is 1.14 bits per heavy atom. The molecule has 6 unspecified atom stereocenters. The van der Waals surface area contributed by atoms with E-state index in [1.165, 1.54) is 9.80 Å². The van der Waals surface area contributed by atoms with Gasteiger partial charge in [-0.15, -0.1) is 24.8 Å². The number of halogens is 2. The minimum Gasteiger partial charge on any atom is -0.480 e. The number of aliphatic hydroxyl groups excluding tert-OH is 2. The highest BCUT2D eigenvalue weighted by molar-refractivity contribution is 5.91. The molecule has 0 aliphatic heterocycles. The molecule has 6 amide bonds. The molecule has 0 bridgehead atoms.